The lowest BCUT2D eigenvalue weighted by molar-refractivity contribution is 0.671. The number of nitrogens with zero attached hydrogens (tertiary/aromatic N) is 2. The van der Waals surface area contributed by atoms with E-state index in [1.165, 1.54) is 11.1 Å². The summed E-state index contributed by atoms with van der Waals surface area (Å²) in [6, 6.07) is 12.8. The van der Waals surface area contributed by atoms with Crippen LogP contribution in [0.5, 0.6) is 0 Å². The summed E-state index contributed by atoms with van der Waals surface area (Å²) in [5.74, 6) is 0.982. The van der Waals surface area contributed by atoms with Crippen LogP contribution in [0.15, 0.2) is 36.4 Å². The Bertz CT molecular complexity index is 576. The van der Waals surface area contributed by atoms with Gasteiger partial charge < -0.3 is 10.2 Å². The third kappa shape index (κ3) is 4.05. The lowest BCUT2D eigenvalue weighted by Crippen LogP contribution is -2.16. The van der Waals surface area contributed by atoms with Crippen LogP contribution in [0, 0.1) is 13.8 Å². The fourth-order valence-corrected chi connectivity index (χ4v) is 2.25. The third-order valence-electron chi connectivity index (χ3n) is 3.69. The van der Waals surface area contributed by atoms with Gasteiger partial charge in [0, 0.05) is 25.0 Å². The average Bonchev–Trinajstić information content (AvgIpc) is 2.49. The van der Waals surface area contributed by atoms with Gasteiger partial charge in [0.05, 0.1) is 0 Å². The summed E-state index contributed by atoms with van der Waals surface area (Å²) in [6.45, 7) is 8.29. The van der Waals surface area contributed by atoms with Crippen molar-refractivity contribution in [1.29, 1.82) is 0 Å². The largest absolute Gasteiger partial charge is 0.329 e. The molecule has 2 rings (SSSR count). The minimum absolute atomic E-state index is 0.890. The van der Waals surface area contributed by atoms with Crippen molar-refractivity contribution in [3.05, 3.63) is 53.2 Å². The summed E-state index contributed by atoms with van der Waals surface area (Å²) in [5, 5.41) is 3.43. The van der Waals surface area contributed by atoms with Crippen molar-refractivity contribution in [3.8, 4) is 0 Å². The number of pyridine rings is 1. The fourth-order valence-electron chi connectivity index (χ4n) is 2.25. The summed E-state index contributed by atoms with van der Waals surface area (Å²) in [4.78, 5) is 6.86. The second kappa shape index (κ2) is 7.23. The molecular weight excluding hydrogens is 258 g/mol. The van der Waals surface area contributed by atoms with Gasteiger partial charge in [-0.1, -0.05) is 30.7 Å². The Morgan fingerprint density at radius 3 is 2.38 bits per heavy atom. The van der Waals surface area contributed by atoms with E-state index in [1.54, 1.807) is 0 Å². The average molecular weight is 283 g/mol. The van der Waals surface area contributed by atoms with Crippen LogP contribution >= 0.6 is 0 Å². The summed E-state index contributed by atoms with van der Waals surface area (Å²) < 4.78 is 0. The van der Waals surface area contributed by atoms with Crippen molar-refractivity contribution >= 4 is 11.5 Å². The van der Waals surface area contributed by atoms with Crippen molar-refractivity contribution in [2.75, 3.05) is 18.5 Å². The van der Waals surface area contributed by atoms with E-state index in [4.69, 9.17) is 4.98 Å². The molecule has 0 radical (unpaired) electrons. The van der Waals surface area contributed by atoms with Crippen LogP contribution in [0.3, 0.4) is 0 Å². The lowest BCUT2D eigenvalue weighted by Gasteiger charge is -2.20. The number of rotatable bonds is 6. The Morgan fingerprint density at radius 2 is 1.76 bits per heavy atom. The van der Waals surface area contributed by atoms with Crippen LogP contribution in [-0.2, 0) is 6.54 Å². The van der Waals surface area contributed by atoms with Crippen LogP contribution < -0.4 is 10.2 Å². The van der Waals surface area contributed by atoms with Gasteiger partial charge in [-0.3, -0.25) is 0 Å². The zero-order valence-electron chi connectivity index (χ0n) is 13.5. The smallest absolute Gasteiger partial charge is 0.132 e. The highest BCUT2D eigenvalue weighted by Gasteiger charge is 2.07. The fraction of sp³-hybridized carbons (Fsp3) is 0.389. The van der Waals surface area contributed by atoms with E-state index >= 15 is 0 Å². The summed E-state index contributed by atoms with van der Waals surface area (Å²) in [6.07, 6.45) is 1.15. The molecule has 2 aromatic rings. The van der Waals surface area contributed by atoms with E-state index in [-0.39, 0.29) is 0 Å². The molecular formula is C18H25N3. The molecule has 0 fully saturated rings. The Hall–Kier alpha value is -1.87. The van der Waals surface area contributed by atoms with Gasteiger partial charge in [0.15, 0.2) is 0 Å². The van der Waals surface area contributed by atoms with Crippen molar-refractivity contribution in [2.45, 2.75) is 33.7 Å². The molecule has 0 saturated carbocycles. The van der Waals surface area contributed by atoms with Crippen LogP contribution in [0.2, 0.25) is 0 Å². The molecule has 0 aliphatic heterocycles. The minimum atomic E-state index is 0.890. The number of aryl methyl sites for hydroxylation is 2. The quantitative estimate of drug-likeness (QED) is 0.813. The van der Waals surface area contributed by atoms with Gasteiger partial charge in [-0.15, -0.1) is 0 Å². The molecule has 0 saturated heterocycles. The first-order valence-corrected chi connectivity index (χ1v) is 7.59. The number of benzene rings is 1. The number of hydrogen-bond acceptors (Lipinski definition) is 3. The molecule has 0 amide bonds. The second-order valence-electron chi connectivity index (χ2n) is 5.49. The van der Waals surface area contributed by atoms with Gasteiger partial charge in [-0.2, -0.15) is 0 Å². The summed E-state index contributed by atoms with van der Waals surface area (Å²) in [7, 11) is 2.06. The maximum Gasteiger partial charge on any atom is 0.132 e. The first-order chi connectivity index (χ1) is 10.1. The van der Waals surface area contributed by atoms with Crippen molar-refractivity contribution in [2.24, 2.45) is 0 Å². The molecule has 0 spiro atoms. The van der Waals surface area contributed by atoms with E-state index in [2.05, 4.69) is 74.4 Å². The normalized spacial score (nSPS) is 10.7. The molecule has 112 valence electrons. The zero-order chi connectivity index (χ0) is 15.2. The first kappa shape index (κ1) is 15.5. The molecule has 0 atom stereocenters. The van der Waals surface area contributed by atoms with Crippen LogP contribution in [0.25, 0.3) is 0 Å². The molecule has 1 aromatic heterocycles. The van der Waals surface area contributed by atoms with Gasteiger partial charge >= 0.3 is 0 Å². The molecule has 0 aliphatic rings. The van der Waals surface area contributed by atoms with Gasteiger partial charge in [-0.25, -0.2) is 4.98 Å². The Kier molecular flexibility index (Phi) is 5.34. The SMILES string of the molecule is CCCNCc1ccc(N(C)c2ccc(C)cc2)nc1C. The van der Waals surface area contributed by atoms with E-state index in [1.807, 2.05) is 0 Å². The maximum atomic E-state index is 4.74. The molecule has 3 heteroatoms. The van der Waals surface area contributed by atoms with Crippen LogP contribution in [0.4, 0.5) is 11.5 Å². The molecule has 1 N–H and O–H groups in total. The van der Waals surface area contributed by atoms with E-state index in [0.29, 0.717) is 0 Å². The summed E-state index contributed by atoms with van der Waals surface area (Å²) >= 11 is 0. The van der Waals surface area contributed by atoms with Crippen LogP contribution in [0.1, 0.15) is 30.2 Å². The molecule has 21 heavy (non-hydrogen) atoms. The standard InChI is InChI=1S/C18H25N3/c1-5-12-19-13-16-8-11-18(20-15(16)3)21(4)17-9-6-14(2)7-10-17/h6-11,19H,5,12-13H2,1-4H3. The predicted molar refractivity (Wildman–Crippen MR) is 90.2 cm³/mol. The highest BCUT2D eigenvalue weighted by molar-refractivity contribution is 5.59. The van der Waals surface area contributed by atoms with E-state index < -0.39 is 0 Å². The third-order valence-corrected chi connectivity index (χ3v) is 3.69. The number of hydrogen-bond donors (Lipinski definition) is 1. The molecule has 0 unspecified atom stereocenters. The topological polar surface area (TPSA) is 28.2 Å². The van der Waals surface area contributed by atoms with Crippen molar-refractivity contribution < 1.29 is 0 Å². The van der Waals surface area contributed by atoms with E-state index in [9.17, 15) is 0 Å². The van der Waals surface area contributed by atoms with Gasteiger partial charge in [0.25, 0.3) is 0 Å². The zero-order valence-corrected chi connectivity index (χ0v) is 13.5. The van der Waals surface area contributed by atoms with Crippen molar-refractivity contribution in [1.82, 2.24) is 10.3 Å². The Morgan fingerprint density at radius 1 is 1.05 bits per heavy atom. The molecule has 1 aromatic carbocycles. The first-order valence-electron chi connectivity index (χ1n) is 7.59. The Balaban J connectivity index is 2.13. The number of nitrogens with one attached hydrogen (secondary N) is 1. The monoisotopic (exact) mass is 283 g/mol. The summed E-state index contributed by atoms with van der Waals surface area (Å²) in [5.41, 5.74) is 4.79. The highest BCUT2D eigenvalue weighted by atomic mass is 15.2. The van der Waals surface area contributed by atoms with E-state index in [0.717, 1.165) is 36.7 Å². The second-order valence-corrected chi connectivity index (χ2v) is 5.49. The maximum absolute atomic E-state index is 4.74. The minimum Gasteiger partial charge on any atom is -0.329 e. The number of aromatic nitrogens is 1. The Labute approximate surface area is 128 Å². The van der Waals surface area contributed by atoms with Crippen molar-refractivity contribution in [3.63, 3.8) is 0 Å². The molecule has 1 heterocycles. The number of anilines is 2. The predicted octanol–water partition coefficient (Wildman–Crippen LogP) is 3.97. The highest BCUT2D eigenvalue weighted by Crippen LogP contribution is 2.23. The van der Waals surface area contributed by atoms with Gasteiger partial charge in [0.2, 0.25) is 0 Å². The van der Waals surface area contributed by atoms with Crippen LogP contribution in [-0.4, -0.2) is 18.6 Å². The molecule has 0 aliphatic carbocycles. The molecule has 3 nitrogen and oxygen atoms in total. The van der Waals surface area contributed by atoms with Gasteiger partial charge in [0.1, 0.15) is 5.82 Å². The lowest BCUT2D eigenvalue weighted by atomic mass is 10.2. The van der Waals surface area contributed by atoms with Gasteiger partial charge in [-0.05, 0) is 50.6 Å². The molecule has 0 bridgehead atoms.